The molecule has 1 aliphatic rings. The second-order valence-electron chi connectivity index (χ2n) is 4.60. The minimum absolute atomic E-state index is 0.0774. The van der Waals surface area contributed by atoms with E-state index in [-0.39, 0.29) is 5.92 Å². The number of ether oxygens (including phenoxy) is 2. The van der Waals surface area contributed by atoms with E-state index in [0.717, 1.165) is 25.9 Å². The summed E-state index contributed by atoms with van der Waals surface area (Å²) in [6, 6.07) is 5.29. The van der Waals surface area contributed by atoms with Gasteiger partial charge >= 0.3 is 0 Å². The molecule has 1 fully saturated rings. The predicted molar refractivity (Wildman–Crippen MR) is 69.0 cm³/mol. The lowest BCUT2D eigenvalue weighted by molar-refractivity contribution is 0.186. The molecule has 0 spiro atoms. The van der Waals surface area contributed by atoms with Crippen LogP contribution in [0.5, 0.6) is 11.5 Å². The molecule has 1 atom stereocenters. The van der Waals surface area contributed by atoms with Gasteiger partial charge in [-0.2, -0.15) is 0 Å². The van der Waals surface area contributed by atoms with Crippen molar-refractivity contribution < 1.29 is 13.9 Å². The fourth-order valence-corrected chi connectivity index (χ4v) is 2.44. The summed E-state index contributed by atoms with van der Waals surface area (Å²) in [6.07, 6.45) is 0.778. The van der Waals surface area contributed by atoms with Crippen LogP contribution in [0.1, 0.15) is 24.6 Å². The van der Waals surface area contributed by atoms with Gasteiger partial charge in [0.1, 0.15) is 17.7 Å². The minimum Gasteiger partial charge on any atom is -0.497 e. The molecule has 1 unspecified atom stereocenters. The Bertz CT molecular complexity index is 391. The van der Waals surface area contributed by atoms with Gasteiger partial charge in [0.2, 0.25) is 0 Å². The van der Waals surface area contributed by atoms with E-state index in [2.05, 4.69) is 5.32 Å². The zero-order chi connectivity index (χ0) is 13.0. The van der Waals surface area contributed by atoms with Gasteiger partial charge in [0.05, 0.1) is 14.2 Å². The largest absolute Gasteiger partial charge is 0.497 e. The first-order valence-corrected chi connectivity index (χ1v) is 6.33. The van der Waals surface area contributed by atoms with Crippen molar-refractivity contribution in [1.29, 1.82) is 0 Å². The lowest BCUT2D eigenvalue weighted by Gasteiger charge is -2.26. The Morgan fingerprint density at radius 3 is 2.56 bits per heavy atom. The first kappa shape index (κ1) is 13.1. The average molecular weight is 253 g/mol. The molecule has 0 amide bonds. The van der Waals surface area contributed by atoms with Gasteiger partial charge in [-0.1, -0.05) is 0 Å². The van der Waals surface area contributed by atoms with E-state index < -0.39 is 6.17 Å². The topological polar surface area (TPSA) is 30.5 Å². The van der Waals surface area contributed by atoms with Crippen molar-refractivity contribution in [2.75, 3.05) is 27.3 Å². The maximum Gasteiger partial charge on any atom is 0.132 e. The summed E-state index contributed by atoms with van der Waals surface area (Å²) < 4.78 is 24.9. The third-order valence-corrected chi connectivity index (χ3v) is 3.54. The molecule has 1 aliphatic heterocycles. The van der Waals surface area contributed by atoms with Gasteiger partial charge in [-0.3, -0.25) is 0 Å². The normalized spacial score (nSPS) is 18.4. The molecule has 1 aromatic rings. The minimum atomic E-state index is -0.965. The quantitative estimate of drug-likeness (QED) is 0.895. The molecule has 1 saturated heterocycles. The highest BCUT2D eigenvalue weighted by molar-refractivity contribution is 5.42. The molecule has 4 heteroatoms. The fraction of sp³-hybridized carbons (Fsp3) is 0.571. The van der Waals surface area contributed by atoms with Crippen LogP contribution in [-0.4, -0.2) is 27.3 Å². The van der Waals surface area contributed by atoms with E-state index in [4.69, 9.17) is 9.47 Å². The lowest BCUT2D eigenvalue weighted by atomic mass is 9.89. The van der Waals surface area contributed by atoms with Gasteiger partial charge in [0, 0.05) is 11.6 Å². The Balaban J connectivity index is 2.20. The van der Waals surface area contributed by atoms with Crippen molar-refractivity contribution in [3.8, 4) is 11.5 Å². The monoisotopic (exact) mass is 253 g/mol. The Morgan fingerprint density at radius 2 is 1.94 bits per heavy atom. The summed E-state index contributed by atoms with van der Waals surface area (Å²) in [4.78, 5) is 0. The van der Waals surface area contributed by atoms with Crippen LogP contribution < -0.4 is 14.8 Å². The molecule has 0 saturated carbocycles. The van der Waals surface area contributed by atoms with Crippen molar-refractivity contribution in [3.05, 3.63) is 23.8 Å². The highest BCUT2D eigenvalue weighted by Crippen LogP contribution is 2.38. The summed E-state index contributed by atoms with van der Waals surface area (Å²) in [5, 5.41) is 3.25. The lowest BCUT2D eigenvalue weighted by Crippen LogP contribution is -2.29. The highest BCUT2D eigenvalue weighted by atomic mass is 19.1. The van der Waals surface area contributed by atoms with Crippen LogP contribution in [-0.2, 0) is 0 Å². The summed E-state index contributed by atoms with van der Waals surface area (Å²) in [5.74, 6) is 1.34. The first-order valence-electron chi connectivity index (χ1n) is 6.33. The molecule has 0 radical (unpaired) electrons. The zero-order valence-electron chi connectivity index (χ0n) is 10.9. The first-order chi connectivity index (χ1) is 8.76. The summed E-state index contributed by atoms with van der Waals surface area (Å²) >= 11 is 0. The summed E-state index contributed by atoms with van der Waals surface area (Å²) in [5.41, 5.74) is 0.630. The molecular formula is C14H20FNO2. The van der Waals surface area contributed by atoms with Crippen molar-refractivity contribution >= 4 is 0 Å². The fourth-order valence-electron chi connectivity index (χ4n) is 2.44. The van der Waals surface area contributed by atoms with Crippen LogP contribution in [0.2, 0.25) is 0 Å². The van der Waals surface area contributed by atoms with Crippen LogP contribution in [0.3, 0.4) is 0 Å². The molecule has 0 aromatic heterocycles. The Labute approximate surface area is 107 Å². The number of nitrogens with one attached hydrogen (secondary N) is 1. The second-order valence-corrected chi connectivity index (χ2v) is 4.60. The van der Waals surface area contributed by atoms with Crippen LogP contribution in [0.4, 0.5) is 4.39 Å². The van der Waals surface area contributed by atoms with Crippen molar-refractivity contribution in [1.82, 2.24) is 5.32 Å². The Morgan fingerprint density at radius 1 is 1.22 bits per heavy atom. The standard InChI is InChI=1S/C14H20FNO2/c1-17-11-3-4-12(13(9-11)18-2)14(15)10-5-7-16-8-6-10/h3-4,9-10,14,16H,5-8H2,1-2H3. The van der Waals surface area contributed by atoms with Gasteiger partial charge < -0.3 is 14.8 Å². The maximum absolute atomic E-state index is 14.6. The van der Waals surface area contributed by atoms with E-state index in [1.807, 2.05) is 0 Å². The predicted octanol–water partition coefficient (Wildman–Crippen LogP) is 2.71. The van der Waals surface area contributed by atoms with Crippen molar-refractivity contribution in [3.63, 3.8) is 0 Å². The maximum atomic E-state index is 14.6. The van der Waals surface area contributed by atoms with E-state index in [0.29, 0.717) is 17.1 Å². The van der Waals surface area contributed by atoms with Crippen molar-refractivity contribution in [2.24, 2.45) is 5.92 Å². The molecule has 0 bridgehead atoms. The number of piperidine rings is 1. The number of methoxy groups -OCH3 is 2. The molecule has 18 heavy (non-hydrogen) atoms. The summed E-state index contributed by atoms with van der Waals surface area (Å²) in [6.45, 7) is 1.78. The molecule has 3 nitrogen and oxygen atoms in total. The van der Waals surface area contributed by atoms with Crippen LogP contribution >= 0.6 is 0 Å². The van der Waals surface area contributed by atoms with Crippen molar-refractivity contribution in [2.45, 2.75) is 19.0 Å². The van der Waals surface area contributed by atoms with Gasteiger partial charge in [-0.15, -0.1) is 0 Å². The number of halogens is 1. The molecule has 1 N–H and O–H groups in total. The summed E-state index contributed by atoms with van der Waals surface area (Å²) in [7, 11) is 3.15. The van der Waals surface area contributed by atoms with E-state index in [1.54, 1.807) is 32.4 Å². The van der Waals surface area contributed by atoms with Crippen LogP contribution in [0, 0.1) is 5.92 Å². The molecule has 0 aliphatic carbocycles. The molecular weight excluding hydrogens is 233 g/mol. The molecule has 2 rings (SSSR count). The third kappa shape index (κ3) is 2.75. The van der Waals surface area contributed by atoms with Gasteiger partial charge in [-0.25, -0.2) is 4.39 Å². The van der Waals surface area contributed by atoms with E-state index in [9.17, 15) is 4.39 Å². The number of hydrogen-bond donors (Lipinski definition) is 1. The van der Waals surface area contributed by atoms with Gasteiger partial charge in [0.15, 0.2) is 0 Å². The number of hydrogen-bond acceptors (Lipinski definition) is 3. The SMILES string of the molecule is COc1ccc(C(F)C2CCNCC2)c(OC)c1. The molecule has 1 aromatic carbocycles. The zero-order valence-corrected chi connectivity index (χ0v) is 10.9. The average Bonchev–Trinajstić information content (AvgIpc) is 2.46. The smallest absolute Gasteiger partial charge is 0.132 e. The third-order valence-electron chi connectivity index (χ3n) is 3.54. The Hall–Kier alpha value is -1.29. The Kier molecular flexibility index (Phi) is 4.42. The molecule has 1 heterocycles. The van der Waals surface area contributed by atoms with E-state index in [1.165, 1.54) is 0 Å². The second kappa shape index (κ2) is 6.05. The van der Waals surface area contributed by atoms with Gasteiger partial charge in [-0.05, 0) is 44.0 Å². The van der Waals surface area contributed by atoms with E-state index >= 15 is 0 Å². The highest BCUT2D eigenvalue weighted by Gasteiger charge is 2.27. The van der Waals surface area contributed by atoms with Crippen LogP contribution in [0.15, 0.2) is 18.2 Å². The van der Waals surface area contributed by atoms with Gasteiger partial charge in [0.25, 0.3) is 0 Å². The van der Waals surface area contributed by atoms with Crippen LogP contribution in [0.25, 0.3) is 0 Å². The number of alkyl halides is 1. The number of benzene rings is 1. The number of rotatable bonds is 4. The molecule has 100 valence electrons.